The second-order valence-corrected chi connectivity index (χ2v) is 12.1. The van der Waals surface area contributed by atoms with Crippen LogP contribution in [0.5, 0.6) is 5.75 Å². The van der Waals surface area contributed by atoms with Gasteiger partial charge >= 0.3 is 5.97 Å². The van der Waals surface area contributed by atoms with E-state index in [4.69, 9.17) is 9.47 Å². The van der Waals surface area contributed by atoms with Crippen LogP contribution in [-0.4, -0.2) is 24.1 Å². The number of carbonyl (C=O) groups excluding carboxylic acids is 1. The molecule has 2 N–H and O–H groups in total. The zero-order valence-corrected chi connectivity index (χ0v) is 21.1. The second kappa shape index (κ2) is 8.65. The van der Waals surface area contributed by atoms with Crippen molar-refractivity contribution in [3.8, 4) is 5.75 Å². The van der Waals surface area contributed by atoms with Crippen molar-refractivity contribution in [2.45, 2.75) is 70.1 Å². The van der Waals surface area contributed by atoms with Crippen molar-refractivity contribution >= 4 is 16.9 Å². The number of fused-ring (bicyclic) bond motifs is 3. The van der Waals surface area contributed by atoms with Gasteiger partial charge < -0.3 is 14.5 Å². The first-order valence-electron chi connectivity index (χ1n) is 13.7. The quantitative estimate of drug-likeness (QED) is 0.416. The molecule has 5 heteroatoms. The molecule has 4 fully saturated rings. The van der Waals surface area contributed by atoms with E-state index in [1.54, 1.807) is 7.11 Å². The summed E-state index contributed by atoms with van der Waals surface area (Å²) >= 11 is 0. The van der Waals surface area contributed by atoms with Crippen LogP contribution in [0.2, 0.25) is 0 Å². The van der Waals surface area contributed by atoms with Crippen molar-refractivity contribution in [1.29, 1.82) is 0 Å². The number of H-pyrrole nitrogens is 1. The molecule has 4 saturated carbocycles. The van der Waals surface area contributed by atoms with Crippen LogP contribution >= 0.6 is 0 Å². The summed E-state index contributed by atoms with van der Waals surface area (Å²) in [6.07, 6.45) is 10.2. The molecule has 36 heavy (non-hydrogen) atoms. The molecular weight excluding hydrogens is 448 g/mol. The number of carbonyl (C=O) groups is 1. The van der Waals surface area contributed by atoms with E-state index in [0.717, 1.165) is 41.0 Å². The van der Waals surface area contributed by atoms with Crippen molar-refractivity contribution in [2.24, 2.45) is 23.2 Å². The molecule has 0 unspecified atom stereocenters. The number of aromatic amines is 1. The fraction of sp³-hybridized carbons (Fsp3) is 0.516. The number of hydrogen-bond acceptors (Lipinski definition) is 4. The summed E-state index contributed by atoms with van der Waals surface area (Å²) in [6.45, 7) is 0.312. The first-order valence-corrected chi connectivity index (χ1v) is 13.7. The summed E-state index contributed by atoms with van der Waals surface area (Å²) in [7, 11) is 1.71. The average molecular weight is 485 g/mol. The van der Waals surface area contributed by atoms with Gasteiger partial charge in [-0.3, -0.25) is 10.1 Å². The highest BCUT2D eigenvalue weighted by Crippen LogP contribution is 2.62. The van der Waals surface area contributed by atoms with Gasteiger partial charge in [0.25, 0.3) is 0 Å². The van der Waals surface area contributed by atoms with Gasteiger partial charge in [0, 0.05) is 29.1 Å². The van der Waals surface area contributed by atoms with Crippen molar-refractivity contribution in [3.05, 3.63) is 65.4 Å². The fourth-order valence-corrected chi connectivity index (χ4v) is 8.60. The third kappa shape index (κ3) is 3.92. The van der Waals surface area contributed by atoms with Gasteiger partial charge in [-0.15, -0.1) is 0 Å². The normalized spacial score (nSPS) is 32.4. The predicted molar refractivity (Wildman–Crippen MR) is 140 cm³/mol. The lowest BCUT2D eigenvalue weighted by atomic mass is 9.48. The Morgan fingerprint density at radius 3 is 2.42 bits per heavy atom. The number of esters is 1. The summed E-state index contributed by atoms with van der Waals surface area (Å²) in [5, 5.41) is 4.94. The number of benzene rings is 2. The molecule has 1 aromatic heterocycles. The molecule has 188 valence electrons. The smallest absolute Gasteiger partial charge is 0.323 e. The lowest BCUT2D eigenvalue weighted by Gasteiger charge is -2.58. The third-order valence-electron chi connectivity index (χ3n) is 9.62. The summed E-state index contributed by atoms with van der Waals surface area (Å²) in [5.41, 5.74) is 5.06. The summed E-state index contributed by atoms with van der Waals surface area (Å²) < 4.78 is 11.4. The molecule has 8 rings (SSSR count). The van der Waals surface area contributed by atoms with E-state index in [9.17, 15) is 4.79 Å². The number of aromatic nitrogens is 1. The third-order valence-corrected chi connectivity index (χ3v) is 9.62. The van der Waals surface area contributed by atoms with Gasteiger partial charge in [-0.2, -0.15) is 0 Å². The average Bonchev–Trinajstić information content (AvgIpc) is 3.25. The Labute approximate surface area is 212 Å². The van der Waals surface area contributed by atoms with Crippen molar-refractivity contribution in [1.82, 2.24) is 10.3 Å². The number of rotatable bonds is 6. The minimum absolute atomic E-state index is 0.137. The summed E-state index contributed by atoms with van der Waals surface area (Å²) in [6, 6.07) is 16.0. The highest BCUT2D eigenvalue weighted by molar-refractivity contribution is 5.88. The molecule has 0 amide bonds. The van der Waals surface area contributed by atoms with Crippen molar-refractivity contribution in [3.63, 3.8) is 0 Å². The van der Waals surface area contributed by atoms with E-state index in [0.29, 0.717) is 18.4 Å². The largest absolute Gasteiger partial charge is 0.497 e. The van der Waals surface area contributed by atoms with E-state index < -0.39 is 0 Å². The van der Waals surface area contributed by atoms with E-state index >= 15 is 0 Å². The van der Waals surface area contributed by atoms with Gasteiger partial charge in [-0.1, -0.05) is 30.3 Å². The molecule has 2 aromatic carbocycles. The molecule has 4 bridgehead atoms. The first-order chi connectivity index (χ1) is 17.6. The molecule has 0 radical (unpaired) electrons. The molecular formula is C31H36N2O3. The summed E-state index contributed by atoms with van der Waals surface area (Å²) in [4.78, 5) is 17.1. The topological polar surface area (TPSA) is 63.4 Å². The maximum atomic E-state index is 13.4. The van der Waals surface area contributed by atoms with Gasteiger partial charge in [0.05, 0.1) is 7.11 Å². The minimum atomic E-state index is -0.342. The maximum absolute atomic E-state index is 13.4. The molecule has 1 aliphatic heterocycles. The van der Waals surface area contributed by atoms with E-state index in [1.807, 2.05) is 36.4 Å². The Bertz CT molecular complexity index is 1240. The van der Waals surface area contributed by atoms with Crippen LogP contribution < -0.4 is 10.1 Å². The first kappa shape index (κ1) is 22.4. The van der Waals surface area contributed by atoms with E-state index in [2.05, 4.69) is 22.4 Å². The van der Waals surface area contributed by atoms with Crippen LogP contribution in [0.25, 0.3) is 10.9 Å². The predicted octanol–water partition coefficient (Wildman–Crippen LogP) is 6.08. The van der Waals surface area contributed by atoms with Crippen LogP contribution in [0.15, 0.2) is 48.5 Å². The number of methoxy groups -OCH3 is 1. The second-order valence-electron chi connectivity index (χ2n) is 12.1. The van der Waals surface area contributed by atoms with Gasteiger partial charge in [-0.25, -0.2) is 0 Å². The Morgan fingerprint density at radius 1 is 1.00 bits per heavy atom. The van der Waals surface area contributed by atoms with Crippen LogP contribution in [0.4, 0.5) is 0 Å². The van der Waals surface area contributed by atoms with E-state index in [1.165, 1.54) is 55.2 Å². The fourth-order valence-electron chi connectivity index (χ4n) is 8.60. The number of ether oxygens (including phenoxy) is 2. The molecule has 2 atom stereocenters. The van der Waals surface area contributed by atoms with Crippen LogP contribution in [-0.2, 0) is 22.6 Å². The molecule has 0 saturated heterocycles. The van der Waals surface area contributed by atoms with Gasteiger partial charge in [-0.05, 0) is 97.4 Å². The Hall–Kier alpha value is -2.79. The highest BCUT2D eigenvalue weighted by atomic mass is 16.5. The Kier molecular flexibility index (Phi) is 5.39. The Balaban J connectivity index is 1.20. The number of hydrogen-bond donors (Lipinski definition) is 2. The lowest BCUT2D eigenvalue weighted by molar-refractivity contribution is -0.148. The van der Waals surface area contributed by atoms with Gasteiger partial charge in [0.2, 0.25) is 0 Å². The van der Waals surface area contributed by atoms with Crippen LogP contribution in [0.3, 0.4) is 0 Å². The minimum Gasteiger partial charge on any atom is -0.497 e. The van der Waals surface area contributed by atoms with Crippen LogP contribution in [0.1, 0.15) is 67.8 Å². The summed E-state index contributed by atoms with van der Waals surface area (Å²) in [5.74, 6) is 3.44. The highest BCUT2D eigenvalue weighted by Gasteiger charge is 2.52. The molecule has 0 spiro atoms. The molecule has 4 aliphatic carbocycles. The molecule has 3 aromatic rings. The van der Waals surface area contributed by atoms with Crippen molar-refractivity contribution < 1.29 is 14.3 Å². The maximum Gasteiger partial charge on any atom is 0.323 e. The number of nitrogens with one attached hydrogen (secondary N) is 2. The van der Waals surface area contributed by atoms with Crippen LogP contribution in [0, 0.1) is 23.2 Å². The Morgan fingerprint density at radius 2 is 1.72 bits per heavy atom. The monoisotopic (exact) mass is 484 g/mol. The molecule has 5 nitrogen and oxygen atoms in total. The van der Waals surface area contributed by atoms with Crippen molar-refractivity contribution in [2.75, 3.05) is 7.11 Å². The van der Waals surface area contributed by atoms with E-state index in [-0.39, 0.29) is 18.1 Å². The standard InChI is InChI=1S/C31H36N2O3/c1-35-23-7-8-26-24(12-23)25-13-27(30(34)36-18-19-5-3-2-4-6-19)32-28(29(25)33-26)17-31-14-20-9-21(15-31)11-22(10-20)16-31/h2-8,12,20-22,27-28,32-33H,9-11,13-18H2,1H3/t20?,21?,22?,27-,28+,31?/m0/s1. The zero-order valence-electron chi connectivity index (χ0n) is 21.1. The van der Waals surface area contributed by atoms with Gasteiger partial charge in [0.15, 0.2) is 0 Å². The molecule has 2 heterocycles. The molecule has 5 aliphatic rings. The SMILES string of the molecule is COc1ccc2[nH]c3c(c2c1)C[C@@H](C(=O)OCc1ccccc1)N[C@@H]3CC12CC3CC(CC(C3)C1)C2. The zero-order chi connectivity index (χ0) is 24.3. The van der Waals surface area contributed by atoms with Gasteiger partial charge in [0.1, 0.15) is 18.4 Å². The lowest BCUT2D eigenvalue weighted by Crippen LogP contribution is -2.50.